The largest absolute Gasteiger partial charge is 0.356 e. The zero-order valence-electron chi connectivity index (χ0n) is 15.2. The summed E-state index contributed by atoms with van der Waals surface area (Å²) in [5.41, 5.74) is 1.22. The van der Waals surface area contributed by atoms with Crippen LogP contribution in [0.4, 0.5) is 0 Å². The van der Waals surface area contributed by atoms with E-state index < -0.39 is 0 Å². The molecule has 0 atom stereocenters. The van der Waals surface area contributed by atoms with Gasteiger partial charge in [0.25, 0.3) is 0 Å². The highest BCUT2D eigenvalue weighted by Gasteiger charge is 2.20. The fourth-order valence-electron chi connectivity index (χ4n) is 2.30. The molecule has 2 rings (SSSR count). The van der Waals surface area contributed by atoms with Gasteiger partial charge in [0.1, 0.15) is 0 Å². The first-order valence-corrected chi connectivity index (χ1v) is 9.85. The lowest BCUT2D eigenvalue weighted by atomic mass is 10.2. The molecule has 0 amide bonds. The first-order chi connectivity index (χ1) is 11.9. The average molecular weight is 424 g/mol. The summed E-state index contributed by atoms with van der Waals surface area (Å²) in [6.45, 7) is 6.11. The Balaban J connectivity index is 1.77. The van der Waals surface area contributed by atoms with E-state index >= 15 is 0 Å². The van der Waals surface area contributed by atoms with Gasteiger partial charge in [0.05, 0.1) is 6.20 Å². The molecule has 0 fully saturated rings. The van der Waals surface area contributed by atoms with Crippen LogP contribution in [0.15, 0.2) is 51.0 Å². The van der Waals surface area contributed by atoms with Crippen molar-refractivity contribution >= 4 is 33.7 Å². The van der Waals surface area contributed by atoms with Crippen LogP contribution in [0.1, 0.15) is 19.4 Å². The van der Waals surface area contributed by atoms with Crippen molar-refractivity contribution in [1.29, 1.82) is 0 Å². The summed E-state index contributed by atoms with van der Waals surface area (Å²) < 4.78 is 2.98. The second kappa shape index (κ2) is 9.29. The van der Waals surface area contributed by atoms with Crippen LogP contribution in [0.25, 0.3) is 0 Å². The van der Waals surface area contributed by atoms with Crippen LogP contribution < -0.4 is 10.6 Å². The summed E-state index contributed by atoms with van der Waals surface area (Å²) in [5, 5.41) is 11.0. The summed E-state index contributed by atoms with van der Waals surface area (Å²) in [5.74, 6) is 0.827. The van der Waals surface area contributed by atoms with Crippen molar-refractivity contribution < 1.29 is 0 Å². The van der Waals surface area contributed by atoms with Crippen LogP contribution in [0, 0.1) is 0 Å². The number of halogens is 1. The highest BCUT2D eigenvalue weighted by Crippen LogP contribution is 2.32. The van der Waals surface area contributed by atoms with Gasteiger partial charge >= 0.3 is 0 Å². The van der Waals surface area contributed by atoms with Crippen LogP contribution in [0.5, 0.6) is 0 Å². The summed E-state index contributed by atoms with van der Waals surface area (Å²) in [6.07, 6.45) is 4.86. The minimum atomic E-state index is 0.0504. The molecule has 25 heavy (non-hydrogen) atoms. The number of nitrogens with zero attached hydrogens (tertiary/aromatic N) is 3. The standard InChI is InChI=1S/C18H26BrN5S/c1-18(2,25-16-7-5-15(19)6-8-16)13-22-17(20-3)21-10-9-14-11-23-24(4)12-14/h5-8,11-12H,9-10,13H2,1-4H3,(H2,20,21,22). The Labute approximate surface area is 162 Å². The molecule has 0 saturated heterocycles. The molecule has 0 radical (unpaired) electrons. The number of guanidine groups is 1. The number of thioether (sulfide) groups is 1. The van der Waals surface area contributed by atoms with Crippen molar-refractivity contribution in [2.45, 2.75) is 29.9 Å². The Morgan fingerprint density at radius 2 is 2.00 bits per heavy atom. The van der Waals surface area contributed by atoms with E-state index in [0.717, 1.165) is 29.9 Å². The number of benzene rings is 1. The molecular formula is C18H26BrN5S. The number of hydrogen-bond acceptors (Lipinski definition) is 3. The second-order valence-electron chi connectivity index (χ2n) is 6.44. The minimum absolute atomic E-state index is 0.0504. The van der Waals surface area contributed by atoms with Gasteiger partial charge in [0, 0.05) is 47.5 Å². The lowest BCUT2D eigenvalue weighted by molar-refractivity contribution is 0.662. The van der Waals surface area contributed by atoms with E-state index in [1.165, 1.54) is 10.5 Å². The molecule has 1 aromatic heterocycles. The third-order valence-electron chi connectivity index (χ3n) is 3.58. The molecule has 0 aliphatic carbocycles. The van der Waals surface area contributed by atoms with Crippen molar-refractivity contribution in [2.75, 3.05) is 20.1 Å². The van der Waals surface area contributed by atoms with E-state index in [4.69, 9.17) is 0 Å². The maximum atomic E-state index is 4.30. The number of aromatic nitrogens is 2. The second-order valence-corrected chi connectivity index (χ2v) is 9.14. The average Bonchev–Trinajstić information content (AvgIpc) is 2.98. The third-order valence-corrected chi connectivity index (χ3v) is 5.31. The highest BCUT2D eigenvalue weighted by molar-refractivity contribution is 9.10. The lowest BCUT2D eigenvalue weighted by Crippen LogP contribution is -2.43. The van der Waals surface area contributed by atoms with Gasteiger partial charge in [0.2, 0.25) is 0 Å². The van der Waals surface area contributed by atoms with Gasteiger partial charge in [-0.05, 0) is 50.1 Å². The predicted molar refractivity (Wildman–Crippen MR) is 110 cm³/mol. The van der Waals surface area contributed by atoms with Crippen LogP contribution in [0.2, 0.25) is 0 Å². The van der Waals surface area contributed by atoms with E-state index in [1.54, 1.807) is 7.05 Å². The molecule has 1 heterocycles. The number of aryl methyl sites for hydroxylation is 1. The Morgan fingerprint density at radius 3 is 2.60 bits per heavy atom. The smallest absolute Gasteiger partial charge is 0.191 e. The fraction of sp³-hybridized carbons (Fsp3) is 0.444. The van der Waals surface area contributed by atoms with Crippen LogP contribution >= 0.6 is 27.7 Å². The van der Waals surface area contributed by atoms with Crippen molar-refractivity contribution in [3.63, 3.8) is 0 Å². The molecule has 0 aliphatic heterocycles. The predicted octanol–water partition coefficient (Wildman–Crippen LogP) is 3.46. The fourth-order valence-corrected chi connectivity index (χ4v) is 3.62. The van der Waals surface area contributed by atoms with Gasteiger partial charge in [-0.3, -0.25) is 9.67 Å². The normalized spacial score (nSPS) is 12.3. The van der Waals surface area contributed by atoms with E-state index in [0.29, 0.717) is 0 Å². The van der Waals surface area contributed by atoms with Gasteiger partial charge < -0.3 is 10.6 Å². The summed E-state index contributed by atoms with van der Waals surface area (Å²) >= 11 is 5.33. The molecule has 0 bridgehead atoms. The van der Waals surface area contributed by atoms with E-state index in [2.05, 4.69) is 74.8 Å². The van der Waals surface area contributed by atoms with Gasteiger partial charge in [0.15, 0.2) is 5.96 Å². The summed E-state index contributed by atoms with van der Waals surface area (Å²) in [4.78, 5) is 5.56. The Kier molecular flexibility index (Phi) is 7.38. The molecule has 0 spiro atoms. The number of aliphatic imine (C=N–C) groups is 1. The zero-order chi connectivity index (χ0) is 18.3. The van der Waals surface area contributed by atoms with E-state index in [-0.39, 0.29) is 4.75 Å². The summed E-state index contributed by atoms with van der Waals surface area (Å²) in [7, 11) is 3.73. The molecule has 136 valence electrons. The van der Waals surface area contributed by atoms with E-state index in [1.807, 2.05) is 35.9 Å². The zero-order valence-corrected chi connectivity index (χ0v) is 17.6. The molecule has 0 unspecified atom stereocenters. The quantitative estimate of drug-likeness (QED) is 0.406. The Bertz CT molecular complexity index is 694. The molecule has 0 aliphatic rings. The SMILES string of the molecule is CN=C(NCCc1cnn(C)c1)NCC(C)(C)Sc1ccc(Br)cc1. The lowest BCUT2D eigenvalue weighted by Gasteiger charge is -2.25. The monoisotopic (exact) mass is 423 g/mol. The van der Waals surface area contributed by atoms with E-state index in [9.17, 15) is 0 Å². The third kappa shape index (κ3) is 7.12. The Hall–Kier alpha value is -1.47. The molecule has 5 nitrogen and oxygen atoms in total. The van der Waals surface area contributed by atoms with Gasteiger partial charge in [-0.2, -0.15) is 5.10 Å². The van der Waals surface area contributed by atoms with Gasteiger partial charge in [-0.1, -0.05) is 15.9 Å². The molecule has 2 N–H and O–H groups in total. The molecule has 1 aromatic carbocycles. The van der Waals surface area contributed by atoms with Crippen molar-refractivity contribution in [3.8, 4) is 0 Å². The van der Waals surface area contributed by atoms with Gasteiger partial charge in [-0.15, -0.1) is 11.8 Å². The first kappa shape index (κ1) is 19.8. The van der Waals surface area contributed by atoms with Crippen LogP contribution in [-0.2, 0) is 13.5 Å². The highest BCUT2D eigenvalue weighted by atomic mass is 79.9. The number of hydrogen-bond donors (Lipinski definition) is 2. The Morgan fingerprint density at radius 1 is 1.28 bits per heavy atom. The van der Waals surface area contributed by atoms with Crippen molar-refractivity contribution in [2.24, 2.45) is 12.0 Å². The van der Waals surface area contributed by atoms with Crippen molar-refractivity contribution in [1.82, 2.24) is 20.4 Å². The molecular weight excluding hydrogens is 398 g/mol. The minimum Gasteiger partial charge on any atom is -0.356 e. The summed E-state index contributed by atoms with van der Waals surface area (Å²) in [6, 6.07) is 8.42. The topological polar surface area (TPSA) is 54.2 Å². The van der Waals surface area contributed by atoms with Gasteiger partial charge in [-0.25, -0.2) is 0 Å². The maximum Gasteiger partial charge on any atom is 0.191 e. The maximum absolute atomic E-state index is 4.30. The number of nitrogens with one attached hydrogen (secondary N) is 2. The molecule has 0 saturated carbocycles. The number of rotatable bonds is 7. The van der Waals surface area contributed by atoms with Crippen LogP contribution in [0.3, 0.4) is 0 Å². The molecule has 7 heteroatoms. The molecule has 2 aromatic rings. The van der Waals surface area contributed by atoms with Crippen molar-refractivity contribution in [3.05, 3.63) is 46.7 Å². The first-order valence-electron chi connectivity index (χ1n) is 8.24. The van der Waals surface area contributed by atoms with Crippen LogP contribution in [-0.4, -0.2) is 40.6 Å².